The van der Waals surface area contributed by atoms with Crippen LogP contribution in [0.15, 0.2) is 59.1 Å². The zero-order valence-corrected chi connectivity index (χ0v) is 16.2. The molecule has 0 N–H and O–H groups in total. The SMILES string of the molecule is Cc1nc2ccccc2n1C1CN(C(=O)CCc2nc(-c3ccccc3)no2)C1. The average molecular weight is 387 g/mol. The van der Waals surface area contributed by atoms with Gasteiger partial charge in [0.25, 0.3) is 0 Å². The van der Waals surface area contributed by atoms with Crippen molar-refractivity contribution in [3.63, 3.8) is 0 Å². The van der Waals surface area contributed by atoms with Crippen molar-refractivity contribution in [3.8, 4) is 11.4 Å². The summed E-state index contributed by atoms with van der Waals surface area (Å²) in [6, 6.07) is 18.1. The van der Waals surface area contributed by atoms with Crippen LogP contribution in [0.25, 0.3) is 22.4 Å². The Bertz CT molecular complexity index is 1160. The summed E-state index contributed by atoms with van der Waals surface area (Å²) in [4.78, 5) is 23.4. The quantitative estimate of drug-likeness (QED) is 0.524. The van der Waals surface area contributed by atoms with Crippen LogP contribution in [-0.4, -0.2) is 43.6 Å². The van der Waals surface area contributed by atoms with Crippen molar-refractivity contribution in [3.05, 3.63) is 66.3 Å². The standard InChI is InChI=1S/C22H21N5O2/c1-15-23-18-9-5-6-10-19(18)27(15)17-13-26(14-17)21(28)12-11-20-24-22(25-29-20)16-7-3-2-4-8-16/h2-10,17H,11-14H2,1H3. The number of likely N-dealkylation sites (tertiary alicyclic amines) is 1. The van der Waals surface area contributed by atoms with Gasteiger partial charge in [-0.3, -0.25) is 4.79 Å². The number of aromatic nitrogens is 4. The molecule has 0 atom stereocenters. The molecule has 7 heteroatoms. The van der Waals surface area contributed by atoms with Crippen molar-refractivity contribution in [2.24, 2.45) is 0 Å². The molecule has 1 amide bonds. The van der Waals surface area contributed by atoms with Crippen molar-refractivity contribution in [1.82, 2.24) is 24.6 Å². The molecule has 3 heterocycles. The van der Waals surface area contributed by atoms with Gasteiger partial charge in [0.05, 0.1) is 17.1 Å². The molecular weight excluding hydrogens is 366 g/mol. The zero-order chi connectivity index (χ0) is 19.8. The maximum absolute atomic E-state index is 12.6. The van der Waals surface area contributed by atoms with Crippen LogP contribution < -0.4 is 0 Å². The normalized spacial score (nSPS) is 14.3. The molecule has 4 aromatic rings. The van der Waals surface area contributed by atoms with E-state index in [2.05, 4.69) is 25.8 Å². The molecule has 0 bridgehead atoms. The van der Waals surface area contributed by atoms with E-state index in [4.69, 9.17) is 4.52 Å². The van der Waals surface area contributed by atoms with Gasteiger partial charge in [-0.1, -0.05) is 47.6 Å². The zero-order valence-electron chi connectivity index (χ0n) is 16.2. The van der Waals surface area contributed by atoms with E-state index in [9.17, 15) is 4.79 Å². The number of hydrogen-bond acceptors (Lipinski definition) is 5. The van der Waals surface area contributed by atoms with Crippen LogP contribution in [0.3, 0.4) is 0 Å². The number of fused-ring (bicyclic) bond motifs is 1. The molecule has 0 spiro atoms. The lowest BCUT2D eigenvalue weighted by molar-refractivity contribution is -0.137. The van der Waals surface area contributed by atoms with Crippen LogP contribution in [0.1, 0.15) is 24.2 Å². The Morgan fingerprint density at radius 2 is 1.83 bits per heavy atom. The van der Waals surface area contributed by atoms with E-state index >= 15 is 0 Å². The van der Waals surface area contributed by atoms with Gasteiger partial charge in [-0.25, -0.2) is 4.98 Å². The maximum atomic E-state index is 12.6. The molecule has 1 aliphatic heterocycles. The van der Waals surface area contributed by atoms with Crippen molar-refractivity contribution in [2.45, 2.75) is 25.8 Å². The van der Waals surface area contributed by atoms with Gasteiger partial charge < -0.3 is 14.0 Å². The third kappa shape index (κ3) is 3.29. The van der Waals surface area contributed by atoms with Crippen molar-refractivity contribution in [1.29, 1.82) is 0 Å². The summed E-state index contributed by atoms with van der Waals surface area (Å²) < 4.78 is 7.54. The number of aryl methyl sites for hydroxylation is 2. The van der Waals surface area contributed by atoms with E-state index in [1.807, 2.05) is 60.4 Å². The molecule has 2 aromatic heterocycles. The first kappa shape index (κ1) is 17.6. The van der Waals surface area contributed by atoms with Gasteiger partial charge in [0, 0.05) is 31.5 Å². The highest BCUT2D eigenvalue weighted by Crippen LogP contribution is 2.28. The van der Waals surface area contributed by atoms with Crippen LogP contribution in [0.4, 0.5) is 0 Å². The van der Waals surface area contributed by atoms with Gasteiger partial charge in [-0.05, 0) is 19.1 Å². The summed E-state index contributed by atoms with van der Waals surface area (Å²) >= 11 is 0. The first-order valence-corrected chi connectivity index (χ1v) is 9.78. The summed E-state index contributed by atoms with van der Waals surface area (Å²) in [6.07, 6.45) is 0.819. The first-order valence-electron chi connectivity index (χ1n) is 9.78. The molecule has 1 aliphatic rings. The number of carbonyl (C=O) groups excluding carboxylic acids is 1. The minimum absolute atomic E-state index is 0.114. The molecule has 29 heavy (non-hydrogen) atoms. The number of nitrogens with zero attached hydrogens (tertiary/aromatic N) is 5. The highest BCUT2D eigenvalue weighted by molar-refractivity contribution is 5.78. The third-order valence-corrected chi connectivity index (χ3v) is 5.41. The van der Waals surface area contributed by atoms with Gasteiger partial charge in [-0.15, -0.1) is 0 Å². The molecule has 7 nitrogen and oxygen atoms in total. The molecule has 0 saturated carbocycles. The van der Waals surface area contributed by atoms with E-state index in [0.29, 0.717) is 37.6 Å². The smallest absolute Gasteiger partial charge is 0.227 e. The number of hydrogen-bond donors (Lipinski definition) is 0. The van der Waals surface area contributed by atoms with Crippen LogP contribution in [0.2, 0.25) is 0 Å². The molecule has 5 rings (SSSR count). The molecule has 2 aromatic carbocycles. The Labute approximate surface area is 168 Å². The summed E-state index contributed by atoms with van der Waals surface area (Å²) in [5, 5.41) is 4.01. The second-order valence-corrected chi connectivity index (χ2v) is 7.35. The fraction of sp³-hybridized carbons (Fsp3) is 0.273. The summed E-state index contributed by atoms with van der Waals surface area (Å²) in [6.45, 7) is 3.43. The second-order valence-electron chi connectivity index (χ2n) is 7.35. The predicted octanol–water partition coefficient (Wildman–Crippen LogP) is 3.41. The van der Waals surface area contributed by atoms with Gasteiger partial charge in [0.15, 0.2) is 0 Å². The highest BCUT2D eigenvalue weighted by atomic mass is 16.5. The van der Waals surface area contributed by atoms with Gasteiger partial charge in [-0.2, -0.15) is 4.98 Å². The predicted molar refractivity (Wildman–Crippen MR) is 108 cm³/mol. The van der Waals surface area contributed by atoms with Crippen LogP contribution >= 0.6 is 0 Å². The van der Waals surface area contributed by atoms with Gasteiger partial charge in [0.2, 0.25) is 17.6 Å². The van der Waals surface area contributed by atoms with Crippen LogP contribution in [0, 0.1) is 6.92 Å². The monoisotopic (exact) mass is 387 g/mol. The first-order chi connectivity index (χ1) is 14.2. The molecule has 0 unspecified atom stereocenters. The Balaban J connectivity index is 1.18. The van der Waals surface area contributed by atoms with Crippen LogP contribution in [0.5, 0.6) is 0 Å². The number of rotatable bonds is 5. The van der Waals surface area contributed by atoms with E-state index in [-0.39, 0.29) is 11.9 Å². The lowest BCUT2D eigenvalue weighted by Gasteiger charge is -2.40. The molecule has 1 fully saturated rings. The van der Waals surface area contributed by atoms with E-state index in [1.54, 1.807) is 0 Å². The molecule has 1 saturated heterocycles. The fourth-order valence-corrected chi connectivity index (χ4v) is 3.88. The lowest BCUT2D eigenvalue weighted by atomic mass is 10.1. The molecule has 0 radical (unpaired) electrons. The average Bonchev–Trinajstić information content (AvgIpc) is 3.31. The molecule has 146 valence electrons. The van der Waals surface area contributed by atoms with E-state index in [0.717, 1.165) is 22.4 Å². The Morgan fingerprint density at radius 1 is 1.07 bits per heavy atom. The minimum atomic E-state index is 0.114. The van der Waals surface area contributed by atoms with Crippen molar-refractivity contribution >= 4 is 16.9 Å². The van der Waals surface area contributed by atoms with Gasteiger partial charge >= 0.3 is 0 Å². The Morgan fingerprint density at radius 3 is 2.66 bits per heavy atom. The fourth-order valence-electron chi connectivity index (χ4n) is 3.88. The summed E-state index contributed by atoms with van der Waals surface area (Å²) in [5.41, 5.74) is 3.03. The molecular formula is C22H21N5O2. The Hall–Kier alpha value is -3.48. The van der Waals surface area contributed by atoms with Crippen molar-refractivity contribution in [2.75, 3.05) is 13.1 Å². The lowest BCUT2D eigenvalue weighted by Crippen LogP contribution is -2.51. The second kappa shape index (κ2) is 7.16. The maximum Gasteiger partial charge on any atom is 0.227 e. The van der Waals surface area contributed by atoms with E-state index < -0.39 is 0 Å². The van der Waals surface area contributed by atoms with Crippen molar-refractivity contribution < 1.29 is 9.32 Å². The highest BCUT2D eigenvalue weighted by Gasteiger charge is 2.33. The van der Waals surface area contributed by atoms with Crippen LogP contribution in [-0.2, 0) is 11.2 Å². The summed E-state index contributed by atoms with van der Waals surface area (Å²) in [5.74, 6) is 2.15. The number of carbonyl (C=O) groups is 1. The number of imidazole rings is 1. The molecule has 0 aliphatic carbocycles. The minimum Gasteiger partial charge on any atom is -0.339 e. The largest absolute Gasteiger partial charge is 0.339 e. The number of benzene rings is 2. The number of amides is 1. The Kier molecular flexibility index (Phi) is 4.35. The summed E-state index contributed by atoms with van der Waals surface area (Å²) in [7, 11) is 0. The topological polar surface area (TPSA) is 77.1 Å². The third-order valence-electron chi connectivity index (χ3n) is 5.41. The van der Waals surface area contributed by atoms with E-state index in [1.165, 1.54) is 0 Å². The van der Waals surface area contributed by atoms with Gasteiger partial charge in [0.1, 0.15) is 5.82 Å². The number of para-hydroxylation sites is 2.